The van der Waals surface area contributed by atoms with Gasteiger partial charge in [0.25, 0.3) is 0 Å². The lowest BCUT2D eigenvalue weighted by molar-refractivity contribution is 0.0192. The number of carbonyl (C=O) groups excluding carboxylic acids is 1. The summed E-state index contributed by atoms with van der Waals surface area (Å²) in [5.74, 6) is 0.226. The van der Waals surface area contributed by atoms with E-state index in [1.54, 1.807) is 35.2 Å². The van der Waals surface area contributed by atoms with Crippen LogP contribution in [0.1, 0.15) is 24.8 Å². The van der Waals surface area contributed by atoms with Crippen LogP contribution in [-0.4, -0.2) is 53.3 Å². The highest BCUT2D eigenvalue weighted by molar-refractivity contribution is 5.70. The van der Waals surface area contributed by atoms with E-state index in [2.05, 4.69) is 0 Å². The number of para-hydroxylation sites is 1. The Labute approximate surface area is 158 Å². The van der Waals surface area contributed by atoms with Gasteiger partial charge in [0.2, 0.25) is 0 Å². The van der Waals surface area contributed by atoms with Gasteiger partial charge in [-0.2, -0.15) is 0 Å². The molecule has 7 N–H and O–H groups in total. The van der Waals surface area contributed by atoms with Gasteiger partial charge in [0.1, 0.15) is 17.7 Å². The number of ether oxygens (including phenoxy) is 1. The number of nitrogens with zero attached hydrogens (tertiary/aromatic N) is 2. The van der Waals surface area contributed by atoms with Crippen molar-refractivity contribution in [3.63, 3.8) is 0 Å². The van der Waals surface area contributed by atoms with Crippen molar-refractivity contribution in [3.05, 3.63) is 47.4 Å². The third-order valence-corrected chi connectivity index (χ3v) is 5.00. The predicted molar refractivity (Wildman–Crippen MR) is 103 cm³/mol. The van der Waals surface area contributed by atoms with Crippen molar-refractivity contribution in [1.82, 2.24) is 9.80 Å². The summed E-state index contributed by atoms with van der Waals surface area (Å²) < 4.78 is 5.45. The maximum absolute atomic E-state index is 12.2. The maximum atomic E-state index is 12.2. The van der Waals surface area contributed by atoms with Crippen LogP contribution in [0.5, 0.6) is 5.75 Å². The Hall–Kier alpha value is -3.03. The van der Waals surface area contributed by atoms with Crippen LogP contribution in [0.15, 0.2) is 41.9 Å². The van der Waals surface area contributed by atoms with E-state index in [-0.39, 0.29) is 23.8 Å². The lowest BCUT2D eigenvalue weighted by atomic mass is 9.96. The average Bonchev–Trinajstić information content (AvgIpc) is 2.62. The molecule has 27 heavy (non-hydrogen) atoms. The highest BCUT2D eigenvalue weighted by atomic mass is 16.6. The molecule has 2 fully saturated rings. The predicted octanol–water partition coefficient (Wildman–Crippen LogP) is 1.08. The molecule has 0 spiro atoms. The first-order chi connectivity index (χ1) is 13.0. The Morgan fingerprint density at radius 1 is 1.07 bits per heavy atom. The molecule has 8 nitrogen and oxygen atoms in total. The van der Waals surface area contributed by atoms with Crippen LogP contribution in [0.4, 0.5) is 4.79 Å². The van der Waals surface area contributed by atoms with Crippen LogP contribution in [0.3, 0.4) is 0 Å². The van der Waals surface area contributed by atoms with Crippen molar-refractivity contribution in [2.75, 3.05) is 26.2 Å². The molecule has 1 aromatic rings. The van der Waals surface area contributed by atoms with Gasteiger partial charge in [-0.15, -0.1) is 0 Å². The van der Waals surface area contributed by atoms with Gasteiger partial charge in [-0.1, -0.05) is 12.1 Å². The van der Waals surface area contributed by atoms with E-state index in [9.17, 15) is 9.90 Å². The SMILES string of the molecule is NC(N)=C(/C=C(\N)c1ccccc1O)N1CCN(C(=O)OC2CCC2)CC1. The zero-order valence-electron chi connectivity index (χ0n) is 15.3. The molecule has 146 valence electrons. The molecule has 1 aliphatic heterocycles. The lowest BCUT2D eigenvalue weighted by Crippen LogP contribution is -2.49. The molecule has 3 rings (SSSR count). The number of rotatable bonds is 4. The fraction of sp³-hybridized carbons (Fsp3) is 0.421. The van der Waals surface area contributed by atoms with Crippen molar-refractivity contribution in [2.24, 2.45) is 17.2 Å². The number of allylic oxidation sites excluding steroid dienone is 1. The molecule has 1 aromatic carbocycles. The number of piperazine rings is 1. The molecule has 2 aliphatic rings. The first-order valence-electron chi connectivity index (χ1n) is 9.17. The molecular weight excluding hydrogens is 346 g/mol. The van der Waals surface area contributed by atoms with Crippen LogP contribution < -0.4 is 17.2 Å². The van der Waals surface area contributed by atoms with Crippen LogP contribution in [-0.2, 0) is 4.74 Å². The first-order valence-corrected chi connectivity index (χ1v) is 9.17. The molecular formula is C19H27N5O3. The molecule has 0 bridgehead atoms. The summed E-state index contributed by atoms with van der Waals surface area (Å²) in [5, 5.41) is 9.96. The zero-order chi connectivity index (χ0) is 19.4. The quantitative estimate of drug-likeness (QED) is 0.581. The van der Waals surface area contributed by atoms with Crippen LogP contribution in [0.25, 0.3) is 5.70 Å². The van der Waals surface area contributed by atoms with Gasteiger partial charge in [-0.05, 0) is 37.5 Å². The van der Waals surface area contributed by atoms with Gasteiger partial charge in [-0.3, -0.25) is 0 Å². The zero-order valence-corrected chi connectivity index (χ0v) is 15.3. The Morgan fingerprint density at radius 2 is 1.70 bits per heavy atom. The lowest BCUT2D eigenvalue weighted by Gasteiger charge is -2.37. The molecule has 0 atom stereocenters. The number of hydrogen-bond donors (Lipinski definition) is 4. The van der Waals surface area contributed by atoms with E-state index in [1.807, 2.05) is 4.90 Å². The second-order valence-corrected chi connectivity index (χ2v) is 6.87. The van der Waals surface area contributed by atoms with Crippen LogP contribution in [0, 0.1) is 0 Å². The molecule has 1 amide bonds. The van der Waals surface area contributed by atoms with E-state index < -0.39 is 0 Å². The molecule has 0 unspecified atom stereocenters. The van der Waals surface area contributed by atoms with Crippen LogP contribution >= 0.6 is 0 Å². The van der Waals surface area contributed by atoms with Gasteiger partial charge in [0.15, 0.2) is 0 Å². The monoisotopic (exact) mass is 373 g/mol. The van der Waals surface area contributed by atoms with E-state index in [1.165, 1.54) is 0 Å². The number of phenols is 1. The molecule has 0 radical (unpaired) electrons. The molecule has 1 saturated heterocycles. The summed E-state index contributed by atoms with van der Waals surface area (Å²) in [6, 6.07) is 6.80. The Balaban J connectivity index is 1.65. The third-order valence-electron chi connectivity index (χ3n) is 5.00. The van der Waals surface area contributed by atoms with E-state index in [4.69, 9.17) is 21.9 Å². The van der Waals surface area contributed by atoms with Crippen molar-refractivity contribution in [1.29, 1.82) is 0 Å². The molecule has 1 heterocycles. The summed E-state index contributed by atoms with van der Waals surface area (Å²) in [4.78, 5) is 15.9. The Kier molecular flexibility index (Phi) is 5.63. The highest BCUT2D eigenvalue weighted by Gasteiger charge is 2.28. The van der Waals surface area contributed by atoms with Crippen molar-refractivity contribution >= 4 is 11.8 Å². The number of phenolic OH excluding ortho intramolecular Hbond substituents is 1. The first kappa shape index (κ1) is 18.8. The molecule has 0 aromatic heterocycles. The smallest absolute Gasteiger partial charge is 0.410 e. The molecule has 1 aliphatic carbocycles. The van der Waals surface area contributed by atoms with Crippen molar-refractivity contribution in [3.8, 4) is 5.75 Å². The summed E-state index contributed by atoms with van der Waals surface area (Å²) in [6.45, 7) is 2.18. The van der Waals surface area contributed by atoms with Crippen LogP contribution in [0.2, 0.25) is 0 Å². The van der Waals surface area contributed by atoms with Crippen molar-refractivity contribution in [2.45, 2.75) is 25.4 Å². The normalized spacial score (nSPS) is 18.0. The summed E-state index contributed by atoms with van der Waals surface area (Å²) in [7, 11) is 0. The summed E-state index contributed by atoms with van der Waals surface area (Å²) >= 11 is 0. The third kappa shape index (κ3) is 4.39. The minimum Gasteiger partial charge on any atom is -0.507 e. The Morgan fingerprint density at radius 3 is 2.26 bits per heavy atom. The standard InChI is InChI=1S/C19H27N5O3/c20-15(14-6-1-2-7-17(14)25)12-16(18(21)22)23-8-10-24(11-9-23)19(26)27-13-4-3-5-13/h1-2,6-7,12-13,25H,3-5,8-11,20-22H2/b15-12-. The molecule has 1 saturated carbocycles. The van der Waals surface area contributed by atoms with E-state index >= 15 is 0 Å². The van der Waals surface area contributed by atoms with Gasteiger partial charge >= 0.3 is 6.09 Å². The minimum atomic E-state index is -0.255. The number of aromatic hydroxyl groups is 1. The van der Waals surface area contributed by atoms with E-state index in [0.29, 0.717) is 43.1 Å². The topological polar surface area (TPSA) is 131 Å². The molecule has 8 heteroatoms. The fourth-order valence-electron chi connectivity index (χ4n) is 3.14. The highest BCUT2D eigenvalue weighted by Crippen LogP contribution is 2.25. The summed E-state index contributed by atoms with van der Waals surface area (Å²) in [6.07, 6.45) is 4.52. The number of carbonyl (C=O) groups is 1. The Bertz CT molecular complexity index is 745. The minimum absolute atomic E-state index is 0.0759. The number of nitrogens with two attached hydrogens (primary N) is 3. The van der Waals surface area contributed by atoms with Gasteiger partial charge in [0.05, 0.1) is 5.70 Å². The van der Waals surface area contributed by atoms with Crippen molar-refractivity contribution < 1.29 is 14.6 Å². The second kappa shape index (κ2) is 8.11. The van der Waals surface area contributed by atoms with Gasteiger partial charge < -0.3 is 36.8 Å². The van der Waals surface area contributed by atoms with Gasteiger partial charge in [0, 0.05) is 37.4 Å². The van der Waals surface area contributed by atoms with Gasteiger partial charge in [-0.25, -0.2) is 4.79 Å². The largest absolute Gasteiger partial charge is 0.507 e. The summed E-state index contributed by atoms with van der Waals surface area (Å²) in [5.41, 5.74) is 19.3. The number of hydrogen-bond acceptors (Lipinski definition) is 7. The number of amides is 1. The van der Waals surface area contributed by atoms with E-state index in [0.717, 1.165) is 19.3 Å². The average molecular weight is 373 g/mol. The number of benzene rings is 1. The fourth-order valence-corrected chi connectivity index (χ4v) is 3.14. The maximum Gasteiger partial charge on any atom is 0.410 e. The second-order valence-electron chi connectivity index (χ2n) is 6.87.